The Balaban J connectivity index is 1.67. The van der Waals surface area contributed by atoms with Crippen molar-refractivity contribution < 1.29 is 9.18 Å². The molecule has 0 atom stereocenters. The fourth-order valence-electron chi connectivity index (χ4n) is 2.30. The number of nitrogens with one attached hydrogen (secondary N) is 2. The second-order valence-corrected chi connectivity index (χ2v) is 6.25. The number of halogens is 3. The lowest BCUT2D eigenvalue weighted by Gasteiger charge is -2.09. The molecule has 0 saturated heterocycles. The molecule has 0 aliphatic heterocycles. The molecule has 0 radical (unpaired) electrons. The molecule has 1 aromatic heterocycles. The molecule has 132 valence electrons. The number of hydrogen-bond donors (Lipinski definition) is 2. The van der Waals surface area contributed by atoms with Gasteiger partial charge in [-0.05, 0) is 42.0 Å². The number of anilines is 1. The number of aromatic nitrogens is 1. The van der Waals surface area contributed by atoms with Crippen LogP contribution in [0.2, 0.25) is 10.0 Å². The van der Waals surface area contributed by atoms with Crippen molar-refractivity contribution in [3.8, 4) is 11.3 Å². The first-order valence-electron chi connectivity index (χ1n) is 7.73. The molecule has 3 aromatic rings. The number of benzene rings is 2. The van der Waals surface area contributed by atoms with Crippen LogP contribution in [0.25, 0.3) is 11.3 Å². The van der Waals surface area contributed by atoms with Gasteiger partial charge in [-0.25, -0.2) is 14.2 Å². The van der Waals surface area contributed by atoms with Gasteiger partial charge in [0.1, 0.15) is 11.6 Å². The molecule has 2 aromatic carbocycles. The van der Waals surface area contributed by atoms with E-state index >= 15 is 0 Å². The summed E-state index contributed by atoms with van der Waals surface area (Å²) in [5.74, 6) is -0.136. The molecule has 7 heteroatoms. The van der Waals surface area contributed by atoms with Crippen LogP contribution in [0.1, 0.15) is 5.56 Å². The molecule has 0 aliphatic rings. The van der Waals surface area contributed by atoms with Gasteiger partial charge in [0, 0.05) is 17.1 Å². The highest BCUT2D eigenvalue weighted by Gasteiger charge is 2.08. The molecule has 26 heavy (non-hydrogen) atoms. The van der Waals surface area contributed by atoms with E-state index < -0.39 is 11.8 Å². The summed E-state index contributed by atoms with van der Waals surface area (Å²) in [5.41, 5.74) is 2.03. The van der Waals surface area contributed by atoms with E-state index in [1.807, 2.05) is 18.2 Å². The Kier molecular flexibility index (Phi) is 5.71. The standard InChI is InChI=1S/C19H14Cl2FN3O/c20-14-5-2-1-4-13(14)11-23-19(26)25-18-7-3-6-17(24-18)12-8-9-16(22)15(21)10-12/h1-10H,11H2,(H2,23,24,25,26). The van der Waals surface area contributed by atoms with E-state index in [0.717, 1.165) is 5.56 Å². The first-order valence-corrected chi connectivity index (χ1v) is 8.49. The van der Waals surface area contributed by atoms with Crippen molar-refractivity contribution in [3.63, 3.8) is 0 Å². The largest absolute Gasteiger partial charge is 0.334 e. The van der Waals surface area contributed by atoms with Crippen molar-refractivity contribution >= 4 is 35.1 Å². The van der Waals surface area contributed by atoms with E-state index in [-0.39, 0.29) is 5.02 Å². The summed E-state index contributed by atoms with van der Waals surface area (Å²) in [5, 5.41) is 5.97. The Morgan fingerprint density at radius 1 is 1.00 bits per heavy atom. The number of nitrogens with zero attached hydrogens (tertiary/aromatic N) is 1. The highest BCUT2D eigenvalue weighted by atomic mass is 35.5. The zero-order valence-corrected chi connectivity index (χ0v) is 15.0. The summed E-state index contributed by atoms with van der Waals surface area (Å²) in [7, 11) is 0. The van der Waals surface area contributed by atoms with Crippen LogP contribution in [0.5, 0.6) is 0 Å². The number of carbonyl (C=O) groups is 1. The third-order valence-electron chi connectivity index (χ3n) is 3.60. The molecule has 0 bridgehead atoms. The van der Waals surface area contributed by atoms with E-state index in [0.29, 0.717) is 28.6 Å². The molecule has 0 saturated carbocycles. The molecule has 2 amide bonds. The van der Waals surface area contributed by atoms with Crippen LogP contribution in [-0.2, 0) is 6.54 Å². The van der Waals surface area contributed by atoms with Gasteiger partial charge in [-0.1, -0.05) is 47.5 Å². The summed E-state index contributed by atoms with van der Waals surface area (Å²) in [6.07, 6.45) is 0. The van der Waals surface area contributed by atoms with E-state index in [1.165, 1.54) is 12.1 Å². The molecule has 1 heterocycles. The van der Waals surface area contributed by atoms with Crippen molar-refractivity contribution in [1.82, 2.24) is 10.3 Å². The number of carbonyl (C=O) groups excluding carboxylic acids is 1. The summed E-state index contributed by atoms with van der Waals surface area (Å²) in [6, 6.07) is 16.3. The number of amides is 2. The van der Waals surface area contributed by atoms with Crippen molar-refractivity contribution in [1.29, 1.82) is 0 Å². The van der Waals surface area contributed by atoms with Gasteiger partial charge < -0.3 is 5.32 Å². The maximum atomic E-state index is 13.3. The Morgan fingerprint density at radius 3 is 2.58 bits per heavy atom. The normalized spacial score (nSPS) is 10.4. The molecule has 3 rings (SSSR count). The van der Waals surface area contributed by atoms with Crippen molar-refractivity contribution in [3.05, 3.63) is 82.1 Å². The SMILES string of the molecule is O=C(NCc1ccccc1Cl)Nc1cccc(-c2ccc(F)c(Cl)c2)n1. The van der Waals surface area contributed by atoms with Gasteiger partial charge in [-0.2, -0.15) is 0 Å². The quantitative estimate of drug-likeness (QED) is 0.617. The lowest BCUT2D eigenvalue weighted by Crippen LogP contribution is -2.28. The maximum absolute atomic E-state index is 13.3. The summed E-state index contributed by atoms with van der Waals surface area (Å²) in [6.45, 7) is 0.290. The van der Waals surface area contributed by atoms with E-state index in [1.54, 1.807) is 30.3 Å². The van der Waals surface area contributed by atoms with Gasteiger partial charge in [0.25, 0.3) is 0 Å². The Morgan fingerprint density at radius 2 is 1.81 bits per heavy atom. The van der Waals surface area contributed by atoms with Crippen LogP contribution in [0, 0.1) is 5.82 Å². The number of hydrogen-bond acceptors (Lipinski definition) is 2. The second kappa shape index (κ2) is 8.17. The fourth-order valence-corrected chi connectivity index (χ4v) is 2.68. The molecule has 2 N–H and O–H groups in total. The van der Waals surface area contributed by atoms with Gasteiger partial charge in [-0.15, -0.1) is 0 Å². The van der Waals surface area contributed by atoms with E-state index in [9.17, 15) is 9.18 Å². The van der Waals surface area contributed by atoms with Crippen molar-refractivity contribution in [2.75, 3.05) is 5.32 Å². The minimum Gasteiger partial charge on any atom is -0.334 e. The van der Waals surface area contributed by atoms with Crippen LogP contribution >= 0.6 is 23.2 Å². The zero-order chi connectivity index (χ0) is 18.5. The van der Waals surface area contributed by atoms with E-state index in [4.69, 9.17) is 23.2 Å². The van der Waals surface area contributed by atoms with Gasteiger partial charge in [0.05, 0.1) is 10.7 Å². The Labute approximate surface area is 160 Å². The van der Waals surface area contributed by atoms with Crippen molar-refractivity contribution in [2.45, 2.75) is 6.54 Å². The Bertz CT molecular complexity index is 950. The molecule has 0 spiro atoms. The van der Waals surface area contributed by atoms with Crippen LogP contribution in [-0.4, -0.2) is 11.0 Å². The number of pyridine rings is 1. The molecule has 0 unspecified atom stereocenters. The average Bonchev–Trinajstić information content (AvgIpc) is 2.63. The van der Waals surface area contributed by atoms with Gasteiger partial charge in [0.2, 0.25) is 0 Å². The third kappa shape index (κ3) is 4.50. The first kappa shape index (κ1) is 18.2. The average molecular weight is 390 g/mol. The van der Waals surface area contributed by atoms with Gasteiger partial charge in [0.15, 0.2) is 0 Å². The van der Waals surface area contributed by atoms with Crippen LogP contribution in [0.3, 0.4) is 0 Å². The number of rotatable bonds is 4. The minimum absolute atomic E-state index is 0.0140. The third-order valence-corrected chi connectivity index (χ3v) is 4.26. The zero-order valence-electron chi connectivity index (χ0n) is 13.5. The highest BCUT2D eigenvalue weighted by Crippen LogP contribution is 2.24. The predicted molar refractivity (Wildman–Crippen MR) is 102 cm³/mol. The molecule has 0 aliphatic carbocycles. The van der Waals surface area contributed by atoms with E-state index in [2.05, 4.69) is 15.6 Å². The monoisotopic (exact) mass is 389 g/mol. The molecular formula is C19H14Cl2FN3O. The topological polar surface area (TPSA) is 54.0 Å². The van der Waals surface area contributed by atoms with Crippen LogP contribution in [0.4, 0.5) is 15.0 Å². The molecular weight excluding hydrogens is 376 g/mol. The summed E-state index contributed by atoms with van der Waals surface area (Å²) >= 11 is 11.9. The summed E-state index contributed by atoms with van der Waals surface area (Å²) in [4.78, 5) is 16.4. The minimum atomic E-state index is -0.497. The van der Waals surface area contributed by atoms with Crippen molar-refractivity contribution in [2.24, 2.45) is 0 Å². The van der Waals surface area contributed by atoms with Crippen LogP contribution in [0.15, 0.2) is 60.7 Å². The number of urea groups is 1. The lowest BCUT2D eigenvalue weighted by molar-refractivity contribution is 0.251. The fraction of sp³-hybridized carbons (Fsp3) is 0.0526. The maximum Gasteiger partial charge on any atom is 0.320 e. The second-order valence-electron chi connectivity index (χ2n) is 5.44. The first-order chi connectivity index (χ1) is 12.5. The van der Waals surface area contributed by atoms with Gasteiger partial charge in [-0.3, -0.25) is 5.32 Å². The van der Waals surface area contributed by atoms with Gasteiger partial charge >= 0.3 is 6.03 Å². The summed E-state index contributed by atoms with van der Waals surface area (Å²) < 4.78 is 13.3. The predicted octanol–water partition coefficient (Wildman–Crippen LogP) is 5.52. The smallest absolute Gasteiger partial charge is 0.320 e. The molecule has 4 nitrogen and oxygen atoms in total. The van der Waals surface area contributed by atoms with Crippen LogP contribution < -0.4 is 10.6 Å². The highest BCUT2D eigenvalue weighted by molar-refractivity contribution is 6.31. The molecule has 0 fully saturated rings. The lowest BCUT2D eigenvalue weighted by atomic mass is 10.1. The Hall–Kier alpha value is -2.63.